The highest BCUT2D eigenvalue weighted by Crippen LogP contribution is 2.38. The van der Waals surface area contributed by atoms with Crippen LogP contribution in [0.4, 0.5) is 0 Å². The normalized spacial score (nSPS) is 12.1. The number of aromatic amines is 2. The monoisotopic (exact) mass is 887 g/mol. The van der Waals surface area contributed by atoms with Crippen molar-refractivity contribution in [2.75, 3.05) is 0 Å². The van der Waals surface area contributed by atoms with Crippen LogP contribution in [-0.4, -0.2) is 19.9 Å². The summed E-state index contributed by atoms with van der Waals surface area (Å²) in [5.74, 6) is 0. The Bertz CT molecular complexity index is 2960. The molecule has 7 aromatic rings. The summed E-state index contributed by atoms with van der Waals surface area (Å²) >= 11 is 0. The van der Waals surface area contributed by atoms with Gasteiger partial charge in [0.2, 0.25) is 0 Å². The van der Waals surface area contributed by atoms with Crippen LogP contribution in [-0.2, 0) is 27.6 Å². The van der Waals surface area contributed by atoms with Gasteiger partial charge in [0, 0.05) is 80.7 Å². The van der Waals surface area contributed by atoms with Crippen LogP contribution in [0, 0.1) is 0 Å². The molecule has 0 fully saturated rings. The second kappa shape index (κ2) is 21.7. The molecule has 1 aromatic carbocycles. The van der Waals surface area contributed by atoms with Gasteiger partial charge in [-0.05, 0) is 89.2 Å². The number of hydrogen-bond acceptors (Lipinski definition) is 2. The Kier molecular flexibility index (Phi) is 14.7. The zero-order valence-corrected chi connectivity index (χ0v) is 40.2. The van der Waals surface area contributed by atoms with Crippen molar-refractivity contribution in [3.8, 4) is 44.5 Å². The van der Waals surface area contributed by atoms with E-state index in [2.05, 4.69) is 191 Å². The molecule has 0 spiro atoms. The molecular formula is C60H68N7+3. The minimum atomic E-state index is 0.901. The summed E-state index contributed by atoms with van der Waals surface area (Å²) in [6.07, 6.45) is 41.7. The predicted octanol–water partition coefficient (Wildman–Crippen LogP) is 13.8. The Hall–Kier alpha value is -6.73. The molecule has 6 aromatic heterocycles. The molecule has 2 N–H and O–H groups in total. The number of unbranched alkanes of at least 4 members (excludes halogenated alkanes) is 13. The number of hydrogen-bond donors (Lipinski definition) is 2. The van der Waals surface area contributed by atoms with Crippen molar-refractivity contribution in [3.63, 3.8) is 0 Å². The van der Waals surface area contributed by atoms with Crippen LogP contribution in [0.2, 0.25) is 0 Å². The molecular weight excluding hydrogens is 819 g/mol. The second-order valence-electron chi connectivity index (χ2n) is 18.8. The summed E-state index contributed by atoms with van der Waals surface area (Å²) in [5, 5.41) is 0. The molecule has 0 saturated carbocycles. The molecule has 0 radical (unpaired) electrons. The third kappa shape index (κ3) is 10.9. The van der Waals surface area contributed by atoms with Crippen LogP contribution in [0.5, 0.6) is 0 Å². The third-order valence-electron chi connectivity index (χ3n) is 13.6. The van der Waals surface area contributed by atoms with E-state index in [1.165, 1.54) is 95.5 Å². The fraction of sp³-hybridized carbons (Fsp3) is 0.317. The Morgan fingerprint density at radius 3 is 0.940 bits per heavy atom. The fourth-order valence-corrected chi connectivity index (χ4v) is 9.78. The summed E-state index contributed by atoms with van der Waals surface area (Å²) in [5.41, 5.74) is 17.6. The van der Waals surface area contributed by atoms with Gasteiger partial charge in [-0.1, -0.05) is 115 Å². The zero-order valence-electron chi connectivity index (χ0n) is 40.2. The van der Waals surface area contributed by atoms with Gasteiger partial charge in [0.05, 0.1) is 22.8 Å². The largest absolute Gasteiger partial charge is 0.354 e. The minimum absolute atomic E-state index is 0.901. The summed E-state index contributed by atoms with van der Waals surface area (Å²) < 4.78 is 6.21. The van der Waals surface area contributed by atoms with E-state index in [1.807, 2.05) is 7.05 Å². The topological polar surface area (TPSA) is 69.0 Å². The Morgan fingerprint density at radius 2 is 0.627 bits per heavy atom. The quantitative estimate of drug-likeness (QED) is 0.0627. The van der Waals surface area contributed by atoms with Crippen molar-refractivity contribution >= 4 is 46.4 Å². The first kappa shape index (κ1) is 45.4. The van der Waals surface area contributed by atoms with Gasteiger partial charge in [-0.3, -0.25) is 0 Å². The van der Waals surface area contributed by atoms with Gasteiger partial charge in [0.15, 0.2) is 37.2 Å². The van der Waals surface area contributed by atoms with Crippen molar-refractivity contribution in [3.05, 3.63) is 150 Å². The van der Waals surface area contributed by atoms with Crippen LogP contribution in [0.1, 0.15) is 125 Å². The first-order chi connectivity index (χ1) is 32.9. The molecule has 0 unspecified atom stereocenters. The van der Waals surface area contributed by atoms with Crippen molar-refractivity contribution in [2.45, 2.75) is 103 Å². The first-order valence-electron chi connectivity index (χ1n) is 25.0. The average Bonchev–Trinajstić information content (AvgIpc) is 4.20. The summed E-state index contributed by atoms with van der Waals surface area (Å²) in [7, 11) is 6.16. The molecule has 0 atom stereocenters. The van der Waals surface area contributed by atoms with Crippen molar-refractivity contribution in [1.29, 1.82) is 0 Å². The van der Waals surface area contributed by atoms with E-state index in [9.17, 15) is 0 Å². The number of aryl methyl sites for hydroxylation is 4. The van der Waals surface area contributed by atoms with Crippen LogP contribution < -0.4 is 13.7 Å². The van der Waals surface area contributed by atoms with Crippen molar-refractivity contribution in [2.24, 2.45) is 21.1 Å². The molecule has 67 heavy (non-hydrogen) atoms. The Balaban J connectivity index is 1.09. The molecule has 2 aliphatic rings. The van der Waals surface area contributed by atoms with Crippen LogP contribution in [0.15, 0.2) is 122 Å². The number of rotatable bonds is 19. The number of pyridine rings is 3. The zero-order chi connectivity index (χ0) is 46.0. The van der Waals surface area contributed by atoms with Crippen LogP contribution in [0.25, 0.3) is 90.9 Å². The number of fused-ring (bicyclic) bond motifs is 8. The highest BCUT2D eigenvalue weighted by molar-refractivity contribution is 5.99. The van der Waals surface area contributed by atoms with E-state index in [0.29, 0.717) is 0 Å². The molecule has 8 heterocycles. The Morgan fingerprint density at radius 1 is 0.343 bits per heavy atom. The van der Waals surface area contributed by atoms with E-state index >= 15 is 0 Å². The van der Waals surface area contributed by atoms with E-state index in [4.69, 9.17) is 9.97 Å². The van der Waals surface area contributed by atoms with Gasteiger partial charge in [-0.2, -0.15) is 0 Å². The van der Waals surface area contributed by atoms with Gasteiger partial charge in [0.25, 0.3) is 0 Å². The molecule has 0 saturated heterocycles. The standard InChI is InChI=1S/C60H67N7/c1-5-6-7-8-9-10-11-12-13-14-15-16-17-18-19-44-20-22-45(23-21-44)57-49-24-26-51(61-49)58(46-32-38-65(2)39-33-46)53-28-30-55(63-53)60(48-36-42-67(4)43-37-48)56-31-29-54(64-56)59(52-27-25-50(57)62-52)47-34-40-66(3)41-35-47/h20-43H,5-19H2,1-4H3,(H,61,62,63,64)/q+2/p+1. The maximum Gasteiger partial charge on any atom is 0.169 e. The van der Waals surface area contributed by atoms with E-state index < -0.39 is 0 Å². The molecule has 9 rings (SSSR count). The Labute approximate surface area is 397 Å². The van der Waals surface area contributed by atoms with Gasteiger partial charge in [0.1, 0.15) is 21.1 Å². The lowest BCUT2D eigenvalue weighted by atomic mass is 9.99. The molecule has 2 aliphatic heterocycles. The molecule has 7 heteroatoms. The smallest absolute Gasteiger partial charge is 0.169 e. The number of H-pyrrole nitrogens is 2. The first-order valence-corrected chi connectivity index (χ1v) is 25.0. The third-order valence-corrected chi connectivity index (χ3v) is 13.6. The second-order valence-corrected chi connectivity index (χ2v) is 18.8. The molecule has 0 aliphatic carbocycles. The van der Waals surface area contributed by atoms with Gasteiger partial charge < -0.3 is 9.97 Å². The fourth-order valence-electron chi connectivity index (χ4n) is 9.78. The maximum atomic E-state index is 5.52. The number of nitrogens with one attached hydrogen (secondary N) is 2. The lowest BCUT2D eigenvalue weighted by molar-refractivity contribution is -0.671. The van der Waals surface area contributed by atoms with Crippen molar-refractivity contribution < 1.29 is 13.7 Å². The van der Waals surface area contributed by atoms with Crippen LogP contribution in [0.3, 0.4) is 0 Å². The molecule has 340 valence electrons. The van der Waals surface area contributed by atoms with E-state index in [1.54, 1.807) is 0 Å². The minimum Gasteiger partial charge on any atom is -0.354 e. The highest BCUT2D eigenvalue weighted by atomic mass is 14.9. The molecule has 8 bridgehead atoms. The van der Waals surface area contributed by atoms with E-state index in [-0.39, 0.29) is 0 Å². The summed E-state index contributed by atoms with van der Waals surface area (Å²) in [6, 6.07) is 31.1. The predicted molar refractivity (Wildman–Crippen MR) is 278 cm³/mol. The van der Waals surface area contributed by atoms with Gasteiger partial charge in [-0.15, -0.1) is 0 Å². The van der Waals surface area contributed by atoms with Gasteiger partial charge in [-0.25, -0.2) is 23.7 Å². The number of nitrogens with zero attached hydrogens (tertiary/aromatic N) is 5. The number of aromatic nitrogens is 7. The molecule has 0 amide bonds. The number of benzene rings is 1. The lowest BCUT2D eigenvalue weighted by Gasteiger charge is -2.08. The van der Waals surface area contributed by atoms with Gasteiger partial charge >= 0.3 is 0 Å². The molecule has 7 nitrogen and oxygen atoms in total. The van der Waals surface area contributed by atoms with E-state index in [0.717, 1.165) is 95.8 Å². The van der Waals surface area contributed by atoms with Crippen molar-refractivity contribution in [1.82, 2.24) is 19.9 Å². The SMILES string of the molecule is CCCCCCCCCCCCCCCCc1ccc(-c2c3nc(c(-c4cc[n+](C)cc4)c4ccc([nH]4)c(-c4cc[n+](C)cc4)c4nc(c(-c5cc[n+](C)cc5)c5ccc2[nH]5)C=C4)C=C3)cc1. The summed E-state index contributed by atoms with van der Waals surface area (Å²) in [4.78, 5) is 18.8. The van der Waals surface area contributed by atoms with Crippen LogP contribution >= 0.6 is 0 Å². The lowest BCUT2D eigenvalue weighted by Crippen LogP contribution is -2.25. The average molecular weight is 887 g/mol. The summed E-state index contributed by atoms with van der Waals surface area (Å²) in [6.45, 7) is 2.30. The highest BCUT2D eigenvalue weighted by Gasteiger charge is 2.20. The maximum absolute atomic E-state index is 5.52.